The molecule has 1 aromatic heterocycles. The van der Waals surface area contributed by atoms with Crippen molar-refractivity contribution in [2.45, 2.75) is 69.6 Å². The molecule has 3 amide bonds. The SMILES string of the molecule is CCN1C(=O)C(NC(=O)c2cccc(C(F)(F)F)c2)C(C2CC2)c2c(C(=O)N3CCCC3)nn(C3CCOCC3)c21. The number of ether oxygens (including phenoxy) is 1. The Labute approximate surface area is 236 Å². The average molecular weight is 574 g/mol. The molecule has 4 heterocycles. The summed E-state index contributed by atoms with van der Waals surface area (Å²) in [6.45, 7) is 4.49. The lowest BCUT2D eigenvalue weighted by molar-refractivity contribution is -0.137. The Kier molecular flexibility index (Phi) is 7.29. The van der Waals surface area contributed by atoms with Gasteiger partial charge in [0.05, 0.1) is 11.6 Å². The molecule has 3 aliphatic heterocycles. The third-order valence-corrected chi connectivity index (χ3v) is 8.72. The van der Waals surface area contributed by atoms with E-state index in [0.29, 0.717) is 56.2 Å². The molecule has 220 valence electrons. The smallest absolute Gasteiger partial charge is 0.381 e. The van der Waals surface area contributed by atoms with Crippen molar-refractivity contribution in [3.8, 4) is 0 Å². The summed E-state index contributed by atoms with van der Waals surface area (Å²) in [5.74, 6) is -1.14. The van der Waals surface area contributed by atoms with Crippen LogP contribution in [0.4, 0.5) is 19.0 Å². The van der Waals surface area contributed by atoms with E-state index in [2.05, 4.69) is 5.32 Å². The molecule has 2 aromatic rings. The minimum absolute atomic E-state index is 0.0426. The summed E-state index contributed by atoms with van der Waals surface area (Å²) in [4.78, 5) is 44.7. The van der Waals surface area contributed by atoms with Gasteiger partial charge in [-0.25, -0.2) is 4.68 Å². The number of fused-ring (bicyclic) bond motifs is 1. The van der Waals surface area contributed by atoms with Gasteiger partial charge in [-0.2, -0.15) is 18.3 Å². The van der Waals surface area contributed by atoms with Crippen LogP contribution in [0.2, 0.25) is 0 Å². The van der Waals surface area contributed by atoms with Crippen molar-refractivity contribution in [2.24, 2.45) is 5.92 Å². The lowest BCUT2D eigenvalue weighted by Gasteiger charge is -2.39. The predicted octanol–water partition coefficient (Wildman–Crippen LogP) is 4.15. The molecule has 41 heavy (non-hydrogen) atoms. The molecule has 0 bridgehead atoms. The Hall–Kier alpha value is -3.41. The lowest BCUT2D eigenvalue weighted by atomic mass is 9.82. The van der Waals surface area contributed by atoms with Gasteiger partial charge in [0.1, 0.15) is 11.9 Å². The van der Waals surface area contributed by atoms with Crippen LogP contribution in [0.1, 0.15) is 89.4 Å². The first-order valence-electron chi connectivity index (χ1n) is 14.5. The van der Waals surface area contributed by atoms with Gasteiger partial charge in [-0.3, -0.25) is 19.3 Å². The Morgan fingerprint density at radius 2 is 1.80 bits per heavy atom. The number of likely N-dealkylation sites (N-methyl/N-ethyl adjacent to an activating group) is 1. The van der Waals surface area contributed by atoms with Crippen molar-refractivity contribution in [2.75, 3.05) is 37.7 Å². The van der Waals surface area contributed by atoms with Crippen LogP contribution in [0.25, 0.3) is 0 Å². The zero-order valence-electron chi connectivity index (χ0n) is 23.0. The molecule has 1 N–H and O–H groups in total. The van der Waals surface area contributed by atoms with Crippen LogP contribution in [0, 0.1) is 5.92 Å². The van der Waals surface area contributed by atoms with Crippen molar-refractivity contribution in [3.63, 3.8) is 0 Å². The number of hydrogen-bond donors (Lipinski definition) is 1. The number of halogens is 3. The second kappa shape index (κ2) is 10.8. The van der Waals surface area contributed by atoms with Gasteiger partial charge in [0.25, 0.3) is 17.7 Å². The summed E-state index contributed by atoms with van der Waals surface area (Å²) in [6.07, 6.45) is 0.247. The number of carbonyl (C=O) groups excluding carboxylic acids is 3. The molecule has 2 unspecified atom stereocenters. The molecule has 2 saturated heterocycles. The van der Waals surface area contributed by atoms with Crippen LogP contribution in [0.15, 0.2) is 24.3 Å². The van der Waals surface area contributed by atoms with Crippen LogP contribution in [-0.4, -0.2) is 71.3 Å². The first-order chi connectivity index (χ1) is 19.7. The van der Waals surface area contributed by atoms with Crippen LogP contribution in [-0.2, 0) is 15.7 Å². The van der Waals surface area contributed by atoms with E-state index in [1.807, 2.05) is 11.6 Å². The van der Waals surface area contributed by atoms with Crippen LogP contribution in [0.5, 0.6) is 0 Å². The fraction of sp³-hybridized carbons (Fsp3) is 0.586. The van der Waals surface area contributed by atoms with Crippen LogP contribution >= 0.6 is 0 Å². The number of carbonyl (C=O) groups is 3. The van der Waals surface area contributed by atoms with Gasteiger partial charge >= 0.3 is 6.18 Å². The molecule has 0 radical (unpaired) electrons. The highest BCUT2D eigenvalue weighted by Crippen LogP contribution is 2.52. The van der Waals surface area contributed by atoms with Gasteiger partial charge in [-0.1, -0.05) is 6.07 Å². The van der Waals surface area contributed by atoms with Gasteiger partial charge < -0.3 is 15.0 Å². The fourth-order valence-electron chi connectivity index (χ4n) is 6.50. The highest BCUT2D eigenvalue weighted by molar-refractivity contribution is 6.07. The molecular formula is C29H34F3N5O4. The number of nitrogens with zero attached hydrogens (tertiary/aromatic N) is 4. The molecule has 0 spiro atoms. The minimum Gasteiger partial charge on any atom is -0.381 e. The molecule has 3 fully saturated rings. The molecule has 9 nitrogen and oxygen atoms in total. The van der Waals surface area contributed by atoms with E-state index in [9.17, 15) is 27.6 Å². The number of amides is 3. The first kappa shape index (κ1) is 27.7. The molecule has 6 rings (SSSR count). The van der Waals surface area contributed by atoms with E-state index in [4.69, 9.17) is 9.84 Å². The molecule has 4 aliphatic rings. The fourth-order valence-corrected chi connectivity index (χ4v) is 6.50. The summed E-state index contributed by atoms with van der Waals surface area (Å²) in [5.41, 5.74) is -0.129. The maximum absolute atomic E-state index is 14.1. The number of rotatable bonds is 6. The topological polar surface area (TPSA) is 96.8 Å². The Bertz CT molecular complexity index is 1340. The Morgan fingerprint density at radius 1 is 1.10 bits per heavy atom. The van der Waals surface area contributed by atoms with Gasteiger partial charge in [-0.15, -0.1) is 0 Å². The van der Waals surface area contributed by atoms with Crippen molar-refractivity contribution in [1.82, 2.24) is 20.0 Å². The Balaban J connectivity index is 1.43. The van der Waals surface area contributed by atoms with Gasteiger partial charge in [0, 0.05) is 49.9 Å². The van der Waals surface area contributed by atoms with Crippen molar-refractivity contribution in [1.29, 1.82) is 0 Å². The largest absolute Gasteiger partial charge is 0.416 e. The van der Waals surface area contributed by atoms with E-state index in [1.165, 1.54) is 12.1 Å². The number of aromatic nitrogens is 2. The molecule has 1 aromatic carbocycles. The second-order valence-electron chi connectivity index (χ2n) is 11.3. The van der Waals surface area contributed by atoms with E-state index < -0.39 is 29.6 Å². The van der Waals surface area contributed by atoms with E-state index in [0.717, 1.165) is 37.8 Å². The quantitative estimate of drug-likeness (QED) is 0.560. The highest BCUT2D eigenvalue weighted by atomic mass is 19.4. The lowest BCUT2D eigenvalue weighted by Crippen LogP contribution is -2.56. The van der Waals surface area contributed by atoms with Crippen LogP contribution in [0.3, 0.4) is 0 Å². The monoisotopic (exact) mass is 573 g/mol. The number of benzene rings is 1. The summed E-state index contributed by atoms with van der Waals surface area (Å²) in [6, 6.07) is 3.11. The maximum atomic E-state index is 14.1. The number of anilines is 1. The zero-order chi connectivity index (χ0) is 28.9. The second-order valence-corrected chi connectivity index (χ2v) is 11.3. The summed E-state index contributed by atoms with van der Waals surface area (Å²) in [5, 5.41) is 7.69. The zero-order valence-corrected chi connectivity index (χ0v) is 23.0. The molecular weight excluding hydrogens is 539 g/mol. The normalized spacial score (nSPS) is 23.6. The third-order valence-electron chi connectivity index (χ3n) is 8.72. The number of likely N-dealkylation sites (tertiary alicyclic amines) is 1. The maximum Gasteiger partial charge on any atom is 0.416 e. The van der Waals surface area contributed by atoms with Gasteiger partial charge in [-0.05, 0) is 69.6 Å². The Morgan fingerprint density at radius 3 is 2.44 bits per heavy atom. The third kappa shape index (κ3) is 5.11. The molecule has 1 aliphatic carbocycles. The summed E-state index contributed by atoms with van der Waals surface area (Å²) in [7, 11) is 0. The van der Waals surface area contributed by atoms with Crippen molar-refractivity contribution >= 4 is 23.5 Å². The highest BCUT2D eigenvalue weighted by Gasteiger charge is 2.52. The van der Waals surface area contributed by atoms with Crippen LogP contribution < -0.4 is 10.2 Å². The number of hydrogen-bond acceptors (Lipinski definition) is 5. The van der Waals surface area contributed by atoms with Crippen molar-refractivity contribution in [3.05, 3.63) is 46.6 Å². The standard InChI is InChI=1S/C29H34F3N5O4/c1-2-36-26-22(24(27(39)35-12-3-4-13-35)34-37(26)20-10-14-41-15-11-20)21(17-8-9-17)23(28(36)40)33-25(38)18-6-5-7-19(16-18)29(30,31)32/h5-7,16-17,20-21,23H,2-4,8-15H2,1H3,(H,33,38). The van der Waals surface area contributed by atoms with Crippen molar-refractivity contribution < 1.29 is 32.3 Å². The van der Waals surface area contributed by atoms with E-state index in [-0.39, 0.29) is 35.9 Å². The first-order valence-corrected chi connectivity index (χ1v) is 14.5. The van der Waals surface area contributed by atoms with E-state index in [1.54, 1.807) is 9.80 Å². The minimum atomic E-state index is -4.61. The van der Waals surface area contributed by atoms with E-state index >= 15 is 0 Å². The van der Waals surface area contributed by atoms with Gasteiger partial charge in [0.2, 0.25) is 0 Å². The molecule has 12 heteroatoms. The molecule has 2 atom stereocenters. The number of nitrogens with one attached hydrogen (secondary N) is 1. The molecule has 1 saturated carbocycles. The average Bonchev–Trinajstić information content (AvgIpc) is 3.50. The number of alkyl halides is 3. The predicted molar refractivity (Wildman–Crippen MR) is 143 cm³/mol. The summed E-state index contributed by atoms with van der Waals surface area (Å²) < 4.78 is 47.4. The van der Waals surface area contributed by atoms with Gasteiger partial charge in [0.15, 0.2) is 5.69 Å². The summed E-state index contributed by atoms with van der Waals surface area (Å²) >= 11 is 0.